The van der Waals surface area contributed by atoms with E-state index in [9.17, 15) is 4.79 Å². The van der Waals surface area contributed by atoms with Gasteiger partial charge in [0.25, 0.3) is 0 Å². The molecule has 0 aliphatic carbocycles. The minimum atomic E-state index is 0.0622. The molecule has 1 aromatic carbocycles. The summed E-state index contributed by atoms with van der Waals surface area (Å²) in [5.41, 5.74) is 1.41. The number of thioether (sulfide) groups is 1. The van der Waals surface area contributed by atoms with Gasteiger partial charge < -0.3 is 4.90 Å². The maximum Gasteiger partial charge on any atom is 0.236 e. The van der Waals surface area contributed by atoms with Crippen molar-refractivity contribution >= 4 is 23.4 Å². The van der Waals surface area contributed by atoms with E-state index in [1.807, 2.05) is 12.3 Å². The van der Waals surface area contributed by atoms with Gasteiger partial charge in [-0.25, -0.2) is 0 Å². The highest BCUT2D eigenvalue weighted by Crippen LogP contribution is 2.14. The van der Waals surface area contributed by atoms with Crippen LogP contribution >= 0.6 is 11.8 Å². The Labute approximate surface area is 93.7 Å². The summed E-state index contributed by atoms with van der Waals surface area (Å²) in [6.45, 7) is 0. The normalized spacial score (nSPS) is 9.40. The minimum absolute atomic E-state index is 0.0622. The van der Waals surface area contributed by atoms with Crippen molar-refractivity contribution in [1.29, 1.82) is 5.26 Å². The van der Waals surface area contributed by atoms with Gasteiger partial charge in [0.15, 0.2) is 0 Å². The monoisotopic (exact) mass is 220 g/mol. The van der Waals surface area contributed by atoms with E-state index in [4.69, 9.17) is 5.26 Å². The number of carbonyl (C=O) groups excluding carboxylic acids is 1. The fraction of sp³-hybridized carbons (Fsp3) is 0.273. The summed E-state index contributed by atoms with van der Waals surface area (Å²) in [5.74, 6) is 0.531. The van der Waals surface area contributed by atoms with Crippen LogP contribution in [0.4, 0.5) is 5.69 Å². The first-order valence-electron chi connectivity index (χ1n) is 4.44. The molecule has 0 atom stereocenters. The van der Waals surface area contributed by atoms with Gasteiger partial charge in [0, 0.05) is 12.7 Å². The zero-order chi connectivity index (χ0) is 11.3. The topological polar surface area (TPSA) is 44.1 Å². The first-order chi connectivity index (χ1) is 7.19. The van der Waals surface area contributed by atoms with Crippen LogP contribution in [0.1, 0.15) is 5.56 Å². The average Bonchev–Trinajstić information content (AvgIpc) is 2.28. The van der Waals surface area contributed by atoms with E-state index in [0.717, 1.165) is 5.69 Å². The number of hydrogen-bond donors (Lipinski definition) is 0. The van der Waals surface area contributed by atoms with E-state index in [2.05, 4.69) is 0 Å². The molecule has 4 heteroatoms. The van der Waals surface area contributed by atoms with Crippen LogP contribution in [0, 0.1) is 11.3 Å². The van der Waals surface area contributed by atoms with Crippen molar-refractivity contribution in [3.63, 3.8) is 0 Å². The second-order valence-electron chi connectivity index (χ2n) is 3.04. The number of nitrogens with zero attached hydrogens (tertiary/aromatic N) is 2. The third-order valence-corrected chi connectivity index (χ3v) is 2.56. The fourth-order valence-corrected chi connectivity index (χ4v) is 1.56. The van der Waals surface area contributed by atoms with Crippen LogP contribution in [0.5, 0.6) is 0 Å². The molecule has 15 heavy (non-hydrogen) atoms. The van der Waals surface area contributed by atoms with Crippen molar-refractivity contribution < 1.29 is 4.79 Å². The van der Waals surface area contributed by atoms with Crippen LogP contribution in [-0.2, 0) is 4.79 Å². The van der Waals surface area contributed by atoms with E-state index in [0.29, 0.717) is 11.3 Å². The molecule has 0 saturated heterocycles. The second-order valence-corrected chi connectivity index (χ2v) is 3.91. The predicted octanol–water partition coefficient (Wildman–Crippen LogP) is 1.88. The second kappa shape index (κ2) is 5.42. The summed E-state index contributed by atoms with van der Waals surface area (Å²) in [4.78, 5) is 13.1. The molecular formula is C11H12N2OS. The number of hydrogen-bond acceptors (Lipinski definition) is 3. The summed E-state index contributed by atoms with van der Waals surface area (Å²) in [7, 11) is 1.74. The lowest BCUT2D eigenvalue weighted by molar-refractivity contribution is -0.115. The standard InChI is InChI=1S/C11H12N2OS/c1-13(11(14)8-15-2)10-5-3-9(7-12)4-6-10/h3-6H,8H2,1-2H3. The van der Waals surface area contributed by atoms with E-state index < -0.39 is 0 Å². The summed E-state index contributed by atoms with van der Waals surface area (Å²) < 4.78 is 0. The minimum Gasteiger partial charge on any atom is -0.315 e. The van der Waals surface area contributed by atoms with E-state index in [1.54, 1.807) is 36.2 Å². The Kier molecular flexibility index (Phi) is 4.19. The lowest BCUT2D eigenvalue weighted by atomic mass is 10.2. The van der Waals surface area contributed by atoms with E-state index >= 15 is 0 Å². The molecule has 0 fully saturated rings. The third kappa shape index (κ3) is 3.00. The number of amides is 1. The molecule has 0 radical (unpaired) electrons. The first kappa shape index (κ1) is 11.6. The highest BCUT2D eigenvalue weighted by Gasteiger charge is 2.09. The van der Waals surface area contributed by atoms with Gasteiger partial charge in [0.2, 0.25) is 5.91 Å². The van der Waals surface area contributed by atoms with Gasteiger partial charge in [-0.2, -0.15) is 17.0 Å². The summed E-state index contributed by atoms with van der Waals surface area (Å²) in [6.07, 6.45) is 1.89. The molecule has 0 saturated carbocycles. The van der Waals surface area contributed by atoms with Gasteiger partial charge in [-0.3, -0.25) is 4.79 Å². The zero-order valence-electron chi connectivity index (χ0n) is 8.73. The Balaban J connectivity index is 2.79. The SMILES string of the molecule is CSCC(=O)N(C)c1ccc(C#N)cc1. The Morgan fingerprint density at radius 3 is 2.53 bits per heavy atom. The van der Waals surface area contributed by atoms with Crippen LogP contribution in [0.3, 0.4) is 0 Å². The maximum absolute atomic E-state index is 11.5. The zero-order valence-corrected chi connectivity index (χ0v) is 9.54. The third-order valence-electron chi connectivity index (χ3n) is 2.03. The molecule has 0 bridgehead atoms. The summed E-state index contributed by atoms with van der Waals surface area (Å²) in [6, 6.07) is 9.00. The summed E-state index contributed by atoms with van der Waals surface area (Å²) in [5, 5.41) is 8.63. The van der Waals surface area contributed by atoms with Gasteiger partial charge in [-0.1, -0.05) is 0 Å². The molecule has 0 aromatic heterocycles. The highest BCUT2D eigenvalue weighted by atomic mass is 32.2. The molecule has 0 unspecified atom stereocenters. The maximum atomic E-state index is 11.5. The lowest BCUT2D eigenvalue weighted by Gasteiger charge is -2.16. The van der Waals surface area contributed by atoms with Crippen LogP contribution in [0.15, 0.2) is 24.3 Å². The van der Waals surface area contributed by atoms with Crippen molar-refractivity contribution in [2.45, 2.75) is 0 Å². The lowest BCUT2D eigenvalue weighted by Crippen LogP contribution is -2.27. The molecule has 1 amide bonds. The Morgan fingerprint density at radius 2 is 2.07 bits per heavy atom. The van der Waals surface area contributed by atoms with Crippen molar-refractivity contribution in [3.05, 3.63) is 29.8 Å². The molecule has 1 rings (SSSR count). The van der Waals surface area contributed by atoms with Gasteiger partial charge in [-0.15, -0.1) is 0 Å². The van der Waals surface area contributed by atoms with Crippen LogP contribution in [0.2, 0.25) is 0 Å². The number of nitriles is 1. The van der Waals surface area contributed by atoms with Crippen LogP contribution in [-0.4, -0.2) is 25.0 Å². The number of anilines is 1. The molecule has 0 spiro atoms. The number of carbonyl (C=O) groups is 1. The van der Waals surface area contributed by atoms with Crippen molar-refractivity contribution in [2.24, 2.45) is 0 Å². The van der Waals surface area contributed by atoms with Gasteiger partial charge >= 0.3 is 0 Å². The van der Waals surface area contributed by atoms with Crippen LogP contribution in [0.25, 0.3) is 0 Å². The van der Waals surface area contributed by atoms with Crippen LogP contribution < -0.4 is 4.90 Å². The van der Waals surface area contributed by atoms with Crippen molar-refractivity contribution in [2.75, 3.05) is 24.0 Å². The van der Waals surface area contributed by atoms with Crippen molar-refractivity contribution in [3.8, 4) is 6.07 Å². The van der Waals surface area contributed by atoms with E-state index in [1.165, 1.54) is 11.8 Å². The van der Waals surface area contributed by atoms with E-state index in [-0.39, 0.29) is 5.91 Å². The molecule has 78 valence electrons. The first-order valence-corrected chi connectivity index (χ1v) is 5.84. The number of benzene rings is 1. The Morgan fingerprint density at radius 1 is 1.47 bits per heavy atom. The molecule has 0 aliphatic rings. The molecule has 0 heterocycles. The smallest absolute Gasteiger partial charge is 0.236 e. The number of rotatable bonds is 3. The van der Waals surface area contributed by atoms with Gasteiger partial charge in [-0.05, 0) is 30.5 Å². The Hall–Kier alpha value is -1.47. The molecule has 3 nitrogen and oxygen atoms in total. The molecule has 1 aromatic rings. The fourth-order valence-electron chi connectivity index (χ4n) is 1.12. The highest BCUT2D eigenvalue weighted by molar-refractivity contribution is 7.99. The van der Waals surface area contributed by atoms with Gasteiger partial charge in [0.05, 0.1) is 17.4 Å². The van der Waals surface area contributed by atoms with Gasteiger partial charge in [0.1, 0.15) is 0 Å². The molecular weight excluding hydrogens is 208 g/mol. The largest absolute Gasteiger partial charge is 0.315 e. The average molecular weight is 220 g/mol. The predicted molar refractivity (Wildman–Crippen MR) is 62.9 cm³/mol. The molecule has 0 aliphatic heterocycles. The quantitative estimate of drug-likeness (QED) is 0.781. The molecule has 0 N–H and O–H groups in total. The summed E-state index contributed by atoms with van der Waals surface area (Å²) >= 11 is 1.50. The Bertz CT molecular complexity index is 381. The van der Waals surface area contributed by atoms with Crippen molar-refractivity contribution in [1.82, 2.24) is 0 Å².